The minimum Gasteiger partial charge on any atom is -0.465 e. The van der Waals surface area contributed by atoms with Gasteiger partial charge in [0.15, 0.2) is 0 Å². The lowest BCUT2D eigenvalue weighted by Crippen LogP contribution is -2.34. The van der Waals surface area contributed by atoms with Crippen LogP contribution in [0.4, 0.5) is 10.5 Å². The van der Waals surface area contributed by atoms with E-state index >= 15 is 0 Å². The first kappa shape index (κ1) is 20.5. The normalized spacial score (nSPS) is 15.7. The third-order valence-electron chi connectivity index (χ3n) is 3.84. The molecule has 8 heteroatoms. The van der Waals surface area contributed by atoms with Crippen molar-refractivity contribution in [2.45, 2.75) is 20.8 Å². The number of amides is 2. The molecule has 0 aromatic heterocycles. The Bertz CT molecular complexity index is 747. The molecule has 0 spiro atoms. The molecule has 0 radical (unpaired) electrons. The molecule has 0 saturated carbocycles. The number of ether oxygens (including phenoxy) is 1. The first-order valence-corrected chi connectivity index (χ1v) is 9.97. The molecule has 0 bridgehead atoms. The van der Waals surface area contributed by atoms with Crippen molar-refractivity contribution in [1.29, 1.82) is 0 Å². The van der Waals surface area contributed by atoms with Crippen LogP contribution in [-0.4, -0.2) is 48.3 Å². The molecule has 1 fully saturated rings. The van der Waals surface area contributed by atoms with Crippen LogP contribution in [0, 0.1) is 0 Å². The van der Waals surface area contributed by atoms with Gasteiger partial charge < -0.3 is 9.64 Å². The second-order valence-electron chi connectivity index (χ2n) is 5.46. The topological polar surface area (TPSA) is 66.9 Å². The molecule has 0 unspecified atom stereocenters. The number of anilines is 1. The number of nitrogens with zero attached hydrogens (tertiary/aromatic N) is 2. The number of imide groups is 1. The van der Waals surface area contributed by atoms with E-state index in [4.69, 9.17) is 4.74 Å². The van der Waals surface area contributed by atoms with Gasteiger partial charge in [-0.25, -0.2) is 0 Å². The summed E-state index contributed by atoms with van der Waals surface area (Å²) in [5.74, 6) is -1.07. The summed E-state index contributed by atoms with van der Waals surface area (Å²) in [6.07, 6.45) is 1.66. The summed E-state index contributed by atoms with van der Waals surface area (Å²) in [6, 6.07) is 5.79. The fourth-order valence-corrected chi connectivity index (χ4v) is 4.04. The lowest BCUT2D eigenvalue weighted by Gasteiger charge is -2.22. The molecular weight excluding hydrogens is 420 g/mol. The molecule has 0 atom stereocenters. The molecule has 0 aliphatic carbocycles. The summed E-state index contributed by atoms with van der Waals surface area (Å²) in [6.45, 7) is 7.47. The molecule has 1 aliphatic heterocycles. The quantitative estimate of drug-likeness (QED) is 0.473. The van der Waals surface area contributed by atoms with Crippen molar-refractivity contribution in [1.82, 2.24) is 4.90 Å². The van der Waals surface area contributed by atoms with E-state index in [0.717, 1.165) is 45.5 Å². The Labute approximate surface area is 165 Å². The zero-order valence-electron chi connectivity index (χ0n) is 15.0. The fourth-order valence-electron chi connectivity index (χ4n) is 2.56. The van der Waals surface area contributed by atoms with Crippen LogP contribution in [0.3, 0.4) is 0 Å². The number of halogens is 1. The zero-order chi connectivity index (χ0) is 19.3. The first-order chi connectivity index (χ1) is 12.4. The molecule has 1 aliphatic rings. The lowest BCUT2D eigenvalue weighted by atomic mass is 10.1. The highest BCUT2D eigenvalue weighted by atomic mass is 79.9. The second kappa shape index (κ2) is 9.23. The highest BCUT2D eigenvalue weighted by Gasteiger charge is 2.36. The van der Waals surface area contributed by atoms with Crippen LogP contribution in [0.1, 0.15) is 26.3 Å². The Morgan fingerprint density at radius 3 is 2.54 bits per heavy atom. The molecular formula is C18H21BrN2O4S. The second-order valence-corrected chi connectivity index (χ2v) is 7.30. The summed E-state index contributed by atoms with van der Waals surface area (Å²) in [5, 5.41) is -0.465. The third-order valence-corrected chi connectivity index (χ3v) is 5.38. The summed E-state index contributed by atoms with van der Waals surface area (Å²) >= 11 is 4.39. The standard InChI is InChI=1S/C18H21BrN2O4S/c1-4-20(5-2)14-8-7-12(9-13(14)19)10-15-17(23)21(18(24)26-15)11-16(22)25-6-3/h7-10H,4-6,11H2,1-3H3/b15-10+. The first-order valence-electron chi connectivity index (χ1n) is 8.36. The molecule has 1 heterocycles. The molecule has 1 aromatic rings. The molecule has 0 N–H and O–H groups in total. The van der Waals surface area contributed by atoms with Crippen molar-refractivity contribution in [3.8, 4) is 0 Å². The van der Waals surface area contributed by atoms with Gasteiger partial charge in [0.1, 0.15) is 6.54 Å². The maximum atomic E-state index is 12.4. The maximum absolute atomic E-state index is 12.4. The van der Waals surface area contributed by atoms with Crippen LogP contribution in [0.25, 0.3) is 6.08 Å². The van der Waals surface area contributed by atoms with E-state index in [9.17, 15) is 14.4 Å². The Kier molecular flexibility index (Phi) is 7.28. The number of benzene rings is 1. The van der Waals surface area contributed by atoms with Gasteiger partial charge in [-0.1, -0.05) is 6.07 Å². The van der Waals surface area contributed by atoms with Crippen molar-refractivity contribution in [3.05, 3.63) is 33.1 Å². The molecule has 2 amide bonds. The zero-order valence-corrected chi connectivity index (χ0v) is 17.4. The van der Waals surface area contributed by atoms with E-state index in [-0.39, 0.29) is 13.2 Å². The molecule has 26 heavy (non-hydrogen) atoms. The predicted molar refractivity (Wildman–Crippen MR) is 107 cm³/mol. The van der Waals surface area contributed by atoms with Crippen molar-refractivity contribution < 1.29 is 19.1 Å². The molecule has 1 aromatic carbocycles. The number of esters is 1. The van der Waals surface area contributed by atoms with Gasteiger partial charge in [0, 0.05) is 17.6 Å². The molecule has 6 nitrogen and oxygen atoms in total. The van der Waals surface area contributed by atoms with Crippen molar-refractivity contribution in [2.24, 2.45) is 0 Å². The minimum atomic E-state index is -0.595. The Morgan fingerprint density at radius 1 is 1.27 bits per heavy atom. The van der Waals surface area contributed by atoms with Crippen LogP contribution < -0.4 is 4.90 Å². The molecule has 140 valence electrons. The predicted octanol–water partition coefficient (Wildman–Crippen LogP) is 3.89. The van der Waals surface area contributed by atoms with E-state index in [1.807, 2.05) is 18.2 Å². The average Bonchev–Trinajstić information content (AvgIpc) is 2.85. The number of hydrogen-bond donors (Lipinski definition) is 0. The largest absolute Gasteiger partial charge is 0.465 e. The van der Waals surface area contributed by atoms with Gasteiger partial charge in [-0.05, 0) is 72.2 Å². The van der Waals surface area contributed by atoms with Crippen molar-refractivity contribution in [3.63, 3.8) is 0 Å². The number of carbonyl (C=O) groups is 3. The number of hydrogen-bond acceptors (Lipinski definition) is 6. The molecule has 1 saturated heterocycles. The maximum Gasteiger partial charge on any atom is 0.326 e. The Hall–Kier alpha value is -1.80. The van der Waals surface area contributed by atoms with E-state index in [2.05, 4.69) is 34.7 Å². The van der Waals surface area contributed by atoms with E-state index in [0.29, 0.717) is 4.91 Å². The van der Waals surface area contributed by atoms with Gasteiger partial charge in [0.25, 0.3) is 11.1 Å². The van der Waals surface area contributed by atoms with Crippen molar-refractivity contribution >= 4 is 56.6 Å². The van der Waals surface area contributed by atoms with Gasteiger partial charge in [-0.2, -0.15) is 0 Å². The van der Waals surface area contributed by atoms with Gasteiger partial charge in [-0.15, -0.1) is 0 Å². The van der Waals surface area contributed by atoms with E-state index in [1.54, 1.807) is 13.0 Å². The molecule has 2 rings (SSSR count). The number of rotatable bonds is 7. The Balaban J connectivity index is 2.19. The third kappa shape index (κ3) is 4.67. The average molecular weight is 441 g/mol. The van der Waals surface area contributed by atoms with Gasteiger partial charge in [0.05, 0.1) is 17.2 Å². The van der Waals surface area contributed by atoms with Crippen LogP contribution in [0.2, 0.25) is 0 Å². The van der Waals surface area contributed by atoms with Gasteiger partial charge in [-0.3, -0.25) is 19.3 Å². The summed E-state index contributed by atoms with van der Waals surface area (Å²) in [4.78, 5) is 39.4. The summed E-state index contributed by atoms with van der Waals surface area (Å²) in [5.41, 5.74) is 1.87. The van der Waals surface area contributed by atoms with Crippen LogP contribution in [-0.2, 0) is 14.3 Å². The highest BCUT2D eigenvalue weighted by molar-refractivity contribution is 9.10. The number of carbonyl (C=O) groups excluding carboxylic acids is 3. The van der Waals surface area contributed by atoms with Crippen molar-refractivity contribution in [2.75, 3.05) is 31.1 Å². The Morgan fingerprint density at radius 2 is 1.96 bits per heavy atom. The van der Waals surface area contributed by atoms with Crippen LogP contribution in [0.15, 0.2) is 27.6 Å². The van der Waals surface area contributed by atoms with Gasteiger partial charge in [0.2, 0.25) is 0 Å². The van der Waals surface area contributed by atoms with Crippen LogP contribution >= 0.6 is 27.7 Å². The minimum absolute atomic E-state index is 0.206. The van der Waals surface area contributed by atoms with Crippen LogP contribution in [0.5, 0.6) is 0 Å². The number of thioether (sulfide) groups is 1. The van der Waals surface area contributed by atoms with E-state index < -0.39 is 17.1 Å². The highest BCUT2D eigenvalue weighted by Crippen LogP contribution is 2.34. The lowest BCUT2D eigenvalue weighted by molar-refractivity contribution is -0.145. The summed E-state index contributed by atoms with van der Waals surface area (Å²) in [7, 11) is 0. The fraction of sp³-hybridized carbons (Fsp3) is 0.389. The smallest absolute Gasteiger partial charge is 0.326 e. The summed E-state index contributed by atoms with van der Waals surface area (Å²) < 4.78 is 5.72. The SMILES string of the molecule is CCOC(=O)CN1C(=O)S/C(=C/c2ccc(N(CC)CC)c(Br)c2)C1=O. The van der Waals surface area contributed by atoms with E-state index in [1.165, 1.54) is 0 Å². The van der Waals surface area contributed by atoms with Gasteiger partial charge >= 0.3 is 5.97 Å². The monoisotopic (exact) mass is 440 g/mol.